The standard InChI is InChI=1S/C16H24N2O3.ClH/c1-12-9-13(10-17)11-18(12)16(19)7-8-21-15-5-3-14(20-2)4-6-15;/h3-6,12-13H,7-11,17H2,1-2H3;1H. The zero-order valence-electron chi connectivity index (χ0n) is 13.2. The minimum Gasteiger partial charge on any atom is -0.497 e. The molecule has 0 bridgehead atoms. The topological polar surface area (TPSA) is 64.8 Å². The molecule has 1 heterocycles. The zero-order valence-corrected chi connectivity index (χ0v) is 14.0. The summed E-state index contributed by atoms with van der Waals surface area (Å²) in [5, 5.41) is 0. The van der Waals surface area contributed by atoms with Crippen LogP contribution in [0.1, 0.15) is 19.8 Å². The number of hydrogen-bond donors (Lipinski definition) is 1. The smallest absolute Gasteiger partial charge is 0.226 e. The maximum atomic E-state index is 12.2. The van der Waals surface area contributed by atoms with E-state index < -0.39 is 0 Å². The summed E-state index contributed by atoms with van der Waals surface area (Å²) >= 11 is 0. The molecule has 2 rings (SSSR count). The molecule has 5 nitrogen and oxygen atoms in total. The van der Waals surface area contributed by atoms with E-state index in [-0.39, 0.29) is 24.4 Å². The summed E-state index contributed by atoms with van der Waals surface area (Å²) < 4.78 is 10.7. The Morgan fingerprint density at radius 1 is 1.32 bits per heavy atom. The molecule has 2 unspecified atom stereocenters. The molecule has 0 radical (unpaired) electrons. The molecule has 0 aromatic heterocycles. The second-order valence-electron chi connectivity index (χ2n) is 5.51. The van der Waals surface area contributed by atoms with Gasteiger partial charge in [-0.05, 0) is 50.1 Å². The van der Waals surface area contributed by atoms with Gasteiger partial charge in [0.2, 0.25) is 5.91 Å². The molecular weight excluding hydrogens is 304 g/mol. The lowest BCUT2D eigenvalue weighted by atomic mass is 10.1. The number of nitrogens with zero attached hydrogens (tertiary/aromatic N) is 1. The SMILES string of the molecule is COc1ccc(OCCC(=O)N2CC(CN)CC2C)cc1.Cl. The van der Waals surface area contributed by atoms with Gasteiger partial charge in [0.15, 0.2) is 0 Å². The van der Waals surface area contributed by atoms with Crippen LogP contribution in [0.4, 0.5) is 0 Å². The van der Waals surface area contributed by atoms with Gasteiger partial charge >= 0.3 is 0 Å². The summed E-state index contributed by atoms with van der Waals surface area (Å²) in [4.78, 5) is 14.1. The zero-order chi connectivity index (χ0) is 15.2. The van der Waals surface area contributed by atoms with Crippen molar-refractivity contribution in [3.63, 3.8) is 0 Å². The fourth-order valence-corrected chi connectivity index (χ4v) is 2.73. The second-order valence-corrected chi connectivity index (χ2v) is 5.51. The number of halogens is 1. The number of nitrogens with two attached hydrogens (primary N) is 1. The maximum Gasteiger partial charge on any atom is 0.226 e. The molecule has 1 aromatic carbocycles. The Bertz CT molecular complexity index is 467. The minimum atomic E-state index is 0. The Labute approximate surface area is 138 Å². The van der Waals surface area contributed by atoms with Crippen molar-refractivity contribution in [3.8, 4) is 11.5 Å². The number of carbonyl (C=O) groups is 1. The monoisotopic (exact) mass is 328 g/mol. The van der Waals surface area contributed by atoms with Gasteiger partial charge in [-0.3, -0.25) is 4.79 Å². The van der Waals surface area contributed by atoms with Crippen LogP contribution in [0.3, 0.4) is 0 Å². The molecule has 0 aliphatic carbocycles. The number of benzene rings is 1. The van der Waals surface area contributed by atoms with Gasteiger partial charge in [0.05, 0.1) is 20.1 Å². The van der Waals surface area contributed by atoms with Crippen molar-refractivity contribution >= 4 is 18.3 Å². The van der Waals surface area contributed by atoms with E-state index in [1.54, 1.807) is 7.11 Å². The highest BCUT2D eigenvalue weighted by Gasteiger charge is 2.31. The Morgan fingerprint density at radius 2 is 1.95 bits per heavy atom. The first-order valence-electron chi connectivity index (χ1n) is 7.40. The van der Waals surface area contributed by atoms with Crippen LogP contribution in [0.2, 0.25) is 0 Å². The van der Waals surface area contributed by atoms with Gasteiger partial charge in [0.1, 0.15) is 11.5 Å². The molecule has 1 saturated heterocycles. The number of likely N-dealkylation sites (tertiary alicyclic amines) is 1. The summed E-state index contributed by atoms with van der Waals surface area (Å²) in [6.07, 6.45) is 1.40. The van der Waals surface area contributed by atoms with Crippen LogP contribution in [0.15, 0.2) is 24.3 Å². The van der Waals surface area contributed by atoms with Crippen LogP contribution < -0.4 is 15.2 Å². The first kappa shape index (κ1) is 18.6. The fraction of sp³-hybridized carbons (Fsp3) is 0.562. The van der Waals surface area contributed by atoms with Gasteiger partial charge in [-0.25, -0.2) is 0 Å². The van der Waals surface area contributed by atoms with E-state index in [0.717, 1.165) is 24.5 Å². The molecular formula is C16H25ClN2O3. The van der Waals surface area contributed by atoms with Gasteiger partial charge in [0, 0.05) is 12.6 Å². The molecule has 1 aliphatic heterocycles. The number of methoxy groups -OCH3 is 1. The molecule has 1 fully saturated rings. The van der Waals surface area contributed by atoms with Crippen LogP contribution in [-0.4, -0.2) is 43.7 Å². The molecule has 1 amide bonds. The van der Waals surface area contributed by atoms with Crippen molar-refractivity contribution < 1.29 is 14.3 Å². The van der Waals surface area contributed by atoms with E-state index in [1.807, 2.05) is 29.2 Å². The summed E-state index contributed by atoms with van der Waals surface area (Å²) in [7, 11) is 1.63. The van der Waals surface area contributed by atoms with Crippen molar-refractivity contribution in [3.05, 3.63) is 24.3 Å². The molecule has 1 aliphatic rings. The van der Waals surface area contributed by atoms with Crippen molar-refractivity contribution in [2.45, 2.75) is 25.8 Å². The van der Waals surface area contributed by atoms with Gasteiger partial charge in [-0.1, -0.05) is 0 Å². The van der Waals surface area contributed by atoms with Crippen molar-refractivity contribution in [1.82, 2.24) is 4.90 Å². The Hall–Kier alpha value is -1.46. The van der Waals surface area contributed by atoms with E-state index in [2.05, 4.69) is 6.92 Å². The lowest BCUT2D eigenvalue weighted by Gasteiger charge is -2.21. The summed E-state index contributed by atoms with van der Waals surface area (Å²) in [5.41, 5.74) is 5.69. The van der Waals surface area contributed by atoms with E-state index in [4.69, 9.17) is 15.2 Å². The van der Waals surface area contributed by atoms with Gasteiger partial charge < -0.3 is 20.1 Å². The van der Waals surface area contributed by atoms with Crippen LogP contribution in [0.25, 0.3) is 0 Å². The highest BCUT2D eigenvalue weighted by atomic mass is 35.5. The van der Waals surface area contributed by atoms with Crippen molar-refractivity contribution in [2.24, 2.45) is 11.7 Å². The maximum absolute atomic E-state index is 12.2. The molecule has 0 spiro atoms. The second kappa shape index (κ2) is 8.86. The number of carbonyl (C=O) groups excluding carboxylic acids is 1. The third-order valence-corrected chi connectivity index (χ3v) is 3.96. The molecule has 6 heteroatoms. The van der Waals surface area contributed by atoms with E-state index in [0.29, 0.717) is 25.5 Å². The van der Waals surface area contributed by atoms with Crippen LogP contribution >= 0.6 is 12.4 Å². The first-order chi connectivity index (χ1) is 10.1. The molecule has 0 saturated carbocycles. The molecule has 2 atom stereocenters. The summed E-state index contributed by atoms with van der Waals surface area (Å²) in [6, 6.07) is 7.64. The molecule has 22 heavy (non-hydrogen) atoms. The fourth-order valence-electron chi connectivity index (χ4n) is 2.73. The van der Waals surface area contributed by atoms with E-state index in [9.17, 15) is 4.79 Å². The predicted molar refractivity (Wildman–Crippen MR) is 88.7 cm³/mol. The molecule has 2 N–H and O–H groups in total. The average Bonchev–Trinajstić information content (AvgIpc) is 2.89. The van der Waals surface area contributed by atoms with Crippen molar-refractivity contribution in [2.75, 3.05) is 26.8 Å². The quantitative estimate of drug-likeness (QED) is 0.868. The molecule has 1 aromatic rings. The Balaban J connectivity index is 0.00000242. The molecule has 124 valence electrons. The van der Waals surface area contributed by atoms with Crippen LogP contribution in [0, 0.1) is 5.92 Å². The first-order valence-corrected chi connectivity index (χ1v) is 7.40. The van der Waals surface area contributed by atoms with Crippen molar-refractivity contribution in [1.29, 1.82) is 0 Å². The van der Waals surface area contributed by atoms with Gasteiger partial charge in [-0.15, -0.1) is 12.4 Å². The van der Waals surface area contributed by atoms with Gasteiger partial charge in [-0.2, -0.15) is 0 Å². The summed E-state index contributed by atoms with van der Waals surface area (Å²) in [6.45, 7) is 3.90. The normalized spacial score (nSPS) is 20.4. The Morgan fingerprint density at radius 3 is 2.50 bits per heavy atom. The number of amides is 1. The minimum absolute atomic E-state index is 0. The largest absolute Gasteiger partial charge is 0.497 e. The highest BCUT2D eigenvalue weighted by Crippen LogP contribution is 2.23. The lowest BCUT2D eigenvalue weighted by Crippen LogP contribution is -2.35. The average molecular weight is 329 g/mol. The highest BCUT2D eigenvalue weighted by molar-refractivity contribution is 5.85. The number of ether oxygens (including phenoxy) is 2. The number of hydrogen-bond acceptors (Lipinski definition) is 4. The predicted octanol–water partition coefficient (Wildman–Crippen LogP) is 2.08. The van der Waals surface area contributed by atoms with Gasteiger partial charge in [0.25, 0.3) is 0 Å². The van der Waals surface area contributed by atoms with E-state index >= 15 is 0 Å². The number of rotatable bonds is 6. The summed E-state index contributed by atoms with van der Waals surface area (Å²) in [5.74, 6) is 2.12. The third kappa shape index (κ3) is 4.78. The lowest BCUT2D eigenvalue weighted by molar-refractivity contribution is -0.132. The Kier molecular flexibility index (Phi) is 7.48. The van der Waals surface area contributed by atoms with E-state index in [1.165, 1.54) is 0 Å². The van der Waals surface area contributed by atoms with Crippen LogP contribution in [0.5, 0.6) is 11.5 Å². The van der Waals surface area contributed by atoms with Crippen LogP contribution in [-0.2, 0) is 4.79 Å². The third-order valence-electron chi connectivity index (χ3n) is 3.96.